The zero-order valence-corrected chi connectivity index (χ0v) is 10.4. The first-order chi connectivity index (χ1) is 8.38. The average Bonchev–Trinajstić information content (AvgIpc) is 3.17. The fourth-order valence-corrected chi connectivity index (χ4v) is 1.66. The number of ether oxygens (including phenoxy) is 2. The number of nitrogens with one attached hydrogen (secondary N) is 1. The van der Waals surface area contributed by atoms with Crippen LogP contribution in [-0.4, -0.2) is 25.9 Å². The van der Waals surface area contributed by atoms with E-state index in [0.717, 1.165) is 24.9 Å². The summed E-state index contributed by atoms with van der Waals surface area (Å²) in [6.07, 6.45) is 2.65. The van der Waals surface area contributed by atoms with Gasteiger partial charge in [0.1, 0.15) is 12.4 Å². The third-order valence-corrected chi connectivity index (χ3v) is 2.77. The predicted molar refractivity (Wildman–Crippen MR) is 68.3 cm³/mol. The van der Waals surface area contributed by atoms with E-state index in [1.54, 1.807) is 0 Å². The van der Waals surface area contributed by atoms with E-state index in [1.807, 2.05) is 19.1 Å². The number of hydrogen-bond donors (Lipinski definition) is 1. The molecule has 0 saturated heterocycles. The maximum absolute atomic E-state index is 5.62. The summed E-state index contributed by atoms with van der Waals surface area (Å²) in [5.74, 6) is 0.930. The van der Waals surface area contributed by atoms with Crippen molar-refractivity contribution >= 4 is 0 Å². The van der Waals surface area contributed by atoms with Gasteiger partial charge in [-0.2, -0.15) is 0 Å². The van der Waals surface area contributed by atoms with E-state index in [4.69, 9.17) is 9.47 Å². The molecule has 1 aliphatic rings. The molecule has 0 aromatic heterocycles. The Morgan fingerprint density at radius 3 is 2.94 bits per heavy atom. The van der Waals surface area contributed by atoms with Crippen LogP contribution in [0.25, 0.3) is 0 Å². The van der Waals surface area contributed by atoms with Crippen molar-refractivity contribution in [2.24, 2.45) is 0 Å². The van der Waals surface area contributed by atoms with Crippen LogP contribution in [0.2, 0.25) is 0 Å². The molecule has 0 spiro atoms. The van der Waals surface area contributed by atoms with Gasteiger partial charge < -0.3 is 14.8 Å². The summed E-state index contributed by atoms with van der Waals surface area (Å²) >= 11 is 0. The second kappa shape index (κ2) is 6.62. The van der Waals surface area contributed by atoms with Gasteiger partial charge in [0.05, 0.1) is 6.61 Å². The topological polar surface area (TPSA) is 30.5 Å². The van der Waals surface area contributed by atoms with E-state index in [-0.39, 0.29) is 0 Å². The second-order valence-corrected chi connectivity index (χ2v) is 4.35. The Kier molecular flexibility index (Phi) is 4.83. The van der Waals surface area contributed by atoms with Crippen LogP contribution in [0.5, 0.6) is 5.75 Å². The lowest BCUT2D eigenvalue weighted by atomic mass is 10.2. The maximum atomic E-state index is 5.62. The fraction of sp³-hybridized carbons (Fsp3) is 0.571. The van der Waals surface area contributed by atoms with E-state index in [9.17, 15) is 0 Å². The molecule has 0 heterocycles. The Balaban J connectivity index is 1.74. The van der Waals surface area contributed by atoms with Gasteiger partial charge in [-0.1, -0.05) is 12.1 Å². The van der Waals surface area contributed by atoms with Crippen molar-refractivity contribution in [3.63, 3.8) is 0 Å². The zero-order valence-electron chi connectivity index (χ0n) is 10.4. The summed E-state index contributed by atoms with van der Waals surface area (Å²) in [5, 5.41) is 3.50. The molecule has 2 rings (SSSR count). The van der Waals surface area contributed by atoms with E-state index >= 15 is 0 Å². The quantitative estimate of drug-likeness (QED) is 0.702. The molecule has 1 fully saturated rings. The summed E-state index contributed by atoms with van der Waals surface area (Å²) in [7, 11) is 0. The van der Waals surface area contributed by atoms with Crippen molar-refractivity contribution in [3.05, 3.63) is 29.8 Å². The molecule has 94 valence electrons. The van der Waals surface area contributed by atoms with Crippen molar-refractivity contribution in [2.45, 2.75) is 32.4 Å². The van der Waals surface area contributed by atoms with Gasteiger partial charge in [0.15, 0.2) is 0 Å². The largest absolute Gasteiger partial charge is 0.491 e. The predicted octanol–water partition coefficient (Wildman–Crippen LogP) is 2.35. The fourth-order valence-electron chi connectivity index (χ4n) is 1.66. The summed E-state index contributed by atoms with van der Waals surface area (Å²) < 4.78 is 10.9. The average molecular weight is 235 g/mol. The van der Waals surface area contributed by atoms with Gasteiger partial charge >= 0.3 is 0 Å². The molecule has 0 bridgehead atoms. The van der Waals surface area contributed by atoms with Crippen molar-refractivity contribution in [3.8, 4) is 5.75 Å². The van der Waals surface area contributed by atoms with Crippen LogP contribution >= 0.6 is 0 Å². The van der Waals surface area contributed by atoms with Gasteiger partial charge in [-0.05, 0) is 37.5 Å². The van der Waals surface area contributed by atoms with Crippen LogP contribution < -0.4 is 10.1 Å². The molecule has 1 aromatic rings. The highest BCUT2D eigenvalue weighted by atomic mass is 16.5. The van der Waals surface area contributed by atoms with Crippen LogP contribution in [0, 0.1) is 0 Å². The first-order valence-electron chi connectivity index (χ1n) is 6.41. The molecule has 1 aromatic carbocycles. The normalized spacial score (nSPS) is 14.9. The minimum Gasteiger partial charge on any atom is -0.491 e. The van der Waals surface area contributed by atoms with E-state index in [1.165, 1.54) is 18.4 Å². The molecule has 0 unspecified atom stereocenters. The number of benzene rings is 1. The third kappa shape index (κ3) is 4.75. The van der Waals surface area contributed by atoms with E-state index in [0.29, 0.717) is 13.2 Å². The maximum Gasteiger partial charge on any atom is 0.119 e. The smallest absolute Gasteiger partial charge is 0.119 e. The SMILES string of the molecule is CCOCCOc1cccc(CNC2CC2)c1. The highest BCUT2D eigenvalue weighted by Crippen LogP contribution is 2.20. The Labute approximate surface area is 103 Å². The van der Waals surface area contributed by atoms with Crippen LogP contribution in [0.4, 0.5) is 0 Å². The molecular weight excluding hydrogens is 214 g/mol. The molecule has 1 saturated carbocycles. The molecule has 3 nitrogen and oxygen atoms in total. The van der Waals surface area contributed by atoms with Gasteiger partial charge in [0.2, 0.25) is 0 Å². The Morgan fingerprint density at radius 1 is 1.29 bits per heavy atom. The standard InChI is InChI=1S/C14H21NO2/c1-2-16-8-9-17-14-5-3-4-12(10-14)11-15-13-6-7-13/h3-5,10,13,15H,2,6-9,11H2,1H3. The number of rotatable bonds is 8. The summed E-state index contributed by atoms with van der Waals surface area (Å²) in [4.78, 5) is 0. The van der Waals surface area contributed by atoms with Crippen LogP contribution in [0.1, 0.15) is 25.3 Å². The van der Waals surface area contributed by atoms with Gasteiger partial charge in [-0.25, -0.2) is 0 Å². The molecular formula is C14H21NO2. The molecule has 0 radical (unpaired) electrons. The molecule has 17 heavy (non-hydrogen) atoms. The second-order valence-electron chi connectivity index (χ2n) is 4.35. The first-order valence-corrected chi connectivity index (χ1v) is 6.41. The van der Waals surface area contributed by atoms with Crippen molar-refractivity contribution < 1.29 is 9.47 Å². The lowest BCUT2D eigenvalue weighted by Gasteiger charge is -2.08. The molecule has 0 atom stereocenters. The minimum absolute atomic E-state index is 0.618. The summed E-state index contributed by atoms with van der Waals surface area (Å²) in [5.41, 5.74) is 1.28. The Hall–Kier alpha value is -1.06. The van der Waals surface area contributed by atoms with Crippen LogP contribution in [0.15, 0.2) is 24.3 Å². The van der Waals surface area contributed by atoms with Gasteiger partial charge in [0, 0.05) is 19.2 Å². The van der Waals surface area contributed by atoms with Crippen LogP contribution in [0.3, 0.4) is 0 Å². The zero-order chi connectivity index (χ0) is 11.9. The summed E-state index contributed by atoms with van der Waals surface area (Å²) in [6, 6.07) is 9.01. The van der Waals surface area contributed by atoms with Crippen molar-refractivity contribution in [1.29, 1.82) is 0 Å². The highest BCUT2D eigenvalue weighted by Gasteiger charge is 2.19. The lowest BCUT2D eigenvalue weighted by Crippen LogP contribution is -2.15. The molecule has 1 aliphatic carbocycles. The van der Waals surface area contributed by atoms with Gasteiger partial charge in [-0.15, -0.1) is 0 Å². The first kappa shape index (κ1) is 12.4. The molecule has 3 heteroatoms. The van der Waals surface area contributed by atoms with Gasteiger partial charge in [-0.3, -0.25) is 0 Å². The number of hydrogen-bond acceptors (Lipinski definition) is 3. The highest BCUT2D eigenvalue weighted by molar-refractivity contribution is 5.28. The Bertz CT molecular complexity index is 337. The third-order valence-electron chi connectivity index (χ3n) is 2.77. The van der Waals surface area contributed by atoms with E-state index in [2.05, 4.69) is 17.4 Å². The van der Waals surface area contributed by atoms with Crippen LogP contribution in [-0.2, 0) is 11.3 Å². The Morgan fingerprint density at radius 2 is 2.18 bits per heavy atom. The molecule has 0 aliphatic heterocycles. The minimum atomic E-state index is 0.618. The molecule has 0 amide bonds. The van der Waals surface area contributed by atoms with Crippen molar-refractivity contribution in [2.75, 3.05) is 19.8 Å². The monoisotopic (exact) mass is 235 g/mol. The van der Waals surface area contributed by atoms with Gasteiger partial charge in [0.25, 0.3) is 0 Å². The molecule has 1 N–H and O–H groups in total. The lowest BCUT2D eigenvalue weighted by molar-refractivity contribution is 0.110. The van der Waals surface area contributed by atoms with E-state index < -0.39 is 0 Å². The summed E-state index contributed by atoms with van der Waals surface area (Å²) in [6.45, 7) is 4.95. The van der Waals surface area contributed by atoms with Crippen molar-refractivity contribution in [1.82, 2.24) is 5.32 Å².